The summed E-state index contributed by atoms with van der Waals surface area (Å²) in [5.74, 6) is 0. The van der Waals surface area contributed by atoms with Crippen LogP contribution >= 0.6 is 0 Å². The number of nitrogens with zero attached hydrogens (tertiary/aromatic N) is 1. The number of benzene rings is 1. The Labute approximate surface area is 93.7 Å². The molecule has 2 rings (SSSR count). The van der Waals surface area contributed by atoms with Crippen LogP contribution in [-0.2, 0) is 10.8 Å². The summed E-state index contributed by atoms with van der Waals surface area (Å²) in [6, 6.07) is 7.40. The maximum atomic E-state index is 11.9. The van der Waals surface area contributed by atoms with E-state index in [-0.39, 0.29) is 5.69 Å². The molecule has 1 heterocycles. The van der Waals surface area contributed by atoms with Gasteiger partial charge in [0.05, 0.1) is 20.6 Å². The quantitative estimate of drug-likeness (QED) is 0.654. The molecule has 0 spiro atoms. The first kappa shape index (κ1) is 10.6. The van der Waals surface area contributed by atoms with Gasteiger partial charge in [-0.05, 0) is 18.2 Å². The smallest absolute Gasteiger partial charge is 0.269 e. The van der Waals surface area contributed by atoms with E-state index < -0.39 is 15.7 Å². The maximum Gasteiger partial charge on any atom is 0.269 e. The Kier molecular flexibility index (Phi) is 2.82. The zero-order valence-electron chi connectivity index (χ0n) is 8.12. The van der Waals surface area contributed by atoms with Crippen molar-refractivity contribution in [2.75, 3.05) is 0 Å². The van der Waals surface area contributed by atoms with E-state index in [2.05, 4.69) is 4.98 Å². The first-order valence-corrected chi connectivity index (χ1v) is 5.62. The average molecular weight is 236 g/mol. The van der Waals surface area contributed by atoms with Crippen molar-refractivity contribution >= 4 is 16.5 Å². The van der Waals surface area contributed by atoms with Crippen LogP contribution in [0, 0.1) is 10.1 Å². The van der Waals surface area contributed by atoms with Gasteiger partial charge in [-0.15, -0.1) is 0 Å². The van der Waals surface area contributed by atoms with Crippen molar-refractivity contribution in [2.24, 2.45) is 0 Å². The summed E-state index contributed by atoms with van der Waals surface area (Å²) in [5.41, 5.74) is -0.00480. The third-order valence-electron chi connectivity index (χ3n) is 2.05. The predicted molar refractivity (Wildman–Crippen MR) is 58.6 cm³/mol. The molecular weight excluding hydrogens is 228 g/mol. The lowest BCUT2D eigenvalue weighted by atomic mass is 10.3. The first-order valence-electron chi connectivity index (χ1n) is 4.47. The fraction of sp³-hybridized carbons (Fsp3) is 0. The van der Waals surface area contributed by atoms with Crippen LogP contribution in [0.15, 0.2) is 52.5 Å². The highest BCUT2D eigenvalue weighted by Gasteiger charge is 2.10. The average Bonchev–Trinajstić information content (AvgIpc) is 2.81. The van der Waals surface area contributed by atoms with Gasteiger partial charge < -0.3 is 4.98 Å². The molecule has 0 saturated carbocycles. The van der Waals surface area contributed by atoms with Gasteiger partial charge in [0.1, 0.15) is 0 Å². The summed E-state index contributed by atoms with van der Waals surface area (Å²) in [4.78, 5) is 14.0. The van der Waals surface area contributed by atoms with Crippen LogP contribution in [0.25, 0.3) is 0 Å². The minimum atomic E-state index is -1.29. The largest absolute Gasteiger partial charge is 0.367 e. The van der Waals surface area contributed by atoms with Gasteiger partial charge in [0.15, 0.2) is 0 Å². The molecule has 1 aromatic carbocycles. The topological polar surface area (TPSA) is 76.0 Å². The molecule has 0 aliphatic rings. The van der Waals surface area contributed by atoms with E-state index in [0.29, 0.717) is 9.79 Å². The first-order chi connectivity index (χ1) is 7.68. The van der Waals surface area contributed by atoms with Crippen LogP contribution in [0.3, 0.4) is 0 Å². The SMILES string of the molecule is O=[N+]([O-])c1ccc(S(=O)c2cc[nH]c2)cc1. The van der Waals surface area contributed by atoms with Crippen LogP contribution in [-0.4, -0.2) is 14.1 Å². The zero-order chi connectivity index (χ0) is 11.5. The summed E-state index contributed by atoms with van der Waals surface area (Å²) >= 11 is 0. The second kappa shape index (κ2) is 4.28. The van der Waals surface area contributed by atoms with Crippen LogP contribution in [0.4, 0.5) is 5.69 Å². The van der Waals surface area contributed by atoms with E-state index in [1.807, 2.05) is 0 Å². The number of nitro benzene ring substituents is 1. The molecular formula is C10H8N2O3S. The van der Waals surface area contributed by atoms with Gasteiger partial charge in [-0.1, -0.05) is 0 Å². The summed E-state index contributed by atoms with van der Waals surface area (Å²) in [7, 11) is -1.29. The number of hydrogen-bond acceptors (Lipinski definition) is 3. The van der Waals surface area contributed by atoms with Crippen molar-refractivity contribution in [2.45, 2.75) is 9.79 Å². The Morgan fingerprint density at radius 3 is 2.31 bits per heavy atom. The molecule has 0 fully saturated rings. The summed E-state index contributed by atoms with van der Waals surface area (Å²) < 4.78 is 11.9. The van der Waals surface area contributed by atoms with Crippen molar-refractivity contribution in [3.8, 4) is 0 Å². The Morgan fingerprint density at radius 1 is 1.12 bits per heavy atom. The normalized spacial score (nSPS) is 12.2. The van der Waals surface area contributed by atoms with E-state index in [1.54, 1.807) is 18.5 Å². The Morgan fingerprint density at radius 2 is 1.81 bits per heavy atom. The molecule has 5 nitrogen and oxygen atoms in total. The van der Waals surface area contributed by atoms with Gasteiger partial charge in [-0.25, -0.2) is 4.21 Å². The lowest BCUT2D eigenvalue weighted by Gasteiger charge is -1.98. The van der Waals surface area contributed by atoms with Gasteiger partial charge >= 0.3 is 0 Å². The Hall–Kier alpha value is -1.95. The number of H-pyrrole nitrogens is 1. The summed E-state index contributed by atoms with van der Waals surface area (Å²) in [5, 5.41) is 10.4. The molecule has 0 saturated heterocycles. The molecule has 2 aromatic rings. The number of hydrogen-bond donors (Lipinski definition) is 1. The molecule has 0 bridgehead atoms. The van der Waals surface area contributed by atoms with E-state index in [4.69, 9.17) is 0 Å². The van der Waals surface area contributed by atoms with Gasteiger partial charge in [0.2, 0.25) is 0 Å². The van der Waals surface area contributed by atoms with E-state index in [0.717, 1.165) is 0 Å². The zero-order valence-corrected chi connectivity index (χ0v) is 8.94. The van der Waals surface area contributed by atoms with Crippen LogP contribution in [0.1, 0.15) is 0 Å². The molecule has 1 N–H and O–H groups in total. The summed E-state index contributed by atoms with van der Waals surface area (Å²) in [6.07, 6.45) is 3.32. The monoisotopic (exact) mass is 236 g/mol. The van der Waals surface area contributed by atoms with Crippen LogP contribution in [0.5, 0.6) is 0 Å². The molecule has 16 heavy (non-hydrogen) atoms. The molecule has 1 atom stereocenters. The van der Waals surface area contributed by atoms with Crippen molar-refractivity contribution in [3.05, 3.63) is 52.8 Å². The fourth-order valence-electron chi connectivity index (χ4n) is 1.25. The van der Waals surface area contributed by atoms with E-state index in [1.165, 1.54) is 24.3 Å². The van der Waals surface area contributed by atoms with Gasteiger partial charge in [0.25, 0.3) is 5.69 Å². The number of aromatic nitrogens is 1. The minimum absolute atomic E-state index is 0.00480. The van der Waals surface area contributed by atoms with Crippen LogP contribution < -0.4 is 0 Å². The van der Waals surface area contributed by atoms with Gasteiger partial charge in [-0.3, -0.25) is 10.1 Å². The molecule has 0 radical (unpaired) electrons. The minimum Gasteiger partial charge on any atom is -0.367 e. The molecule has 0 amide bonds. The number of aromatic amines is 1. The molecule has 0 aliphatic carbocycles. The molecule has 1 unspecified atom stereocenters. The van der Waals surface area contributed by atoms with Gasteiger partial charge in [0, 0.05) is 29.4 Å². The highest BCUT2D eigenvalue weighted by Crippen LogP contribution is 2.18. The van der Waals surface area contributed by atoms with E-state index in [9.17, 15) is 14.3 Å². The van der Waals surface area contributed by atoms with E-state index >= 15 is 0 Å². The summed E-state index contributed by atoms with van der Waals surface area (Å²) in [6.45, 7) is 0. The predicted octanol–water partition coefficient (Wildman–Crippen LogP) is 2.09. The van der Waals surface area contributed by atoms with Crippen molar-refractivity contribution in [3.63, 3.8) is 0 Å². The number of nitro groups is 1. The number of non-ortho nitro benzene ring substituents is 1. The maximum absolute atomic E-state index is 11.9. The highest BCUT2D eigenvalue weighted by molar-refractivity contribution is 7.85. The number of rotatable bonds is 3. The molecule has 82 valence electrons. The fourth-order valence-corrected chi connectivity index (χ4v) is 2.27. The standard InChI is InChI=1S/C10H8N2O3S/c13-12(14)8-1-3-9(4-2-8)16(15)10-5-6-11-7-10/h1-7,11H. The van der Waals surface area contributed by atoms with Crippen LogP contribution in [0.2, 0.25) is 0 Å². The second-order valence-corrected chi connectivity index (χ2v) is 4.55. The molecule has 1 aromatic heterocycles. The highest BCUT2D eigenvalue weighted by atomic mass is 32.2. The molecule has 6 heteroatoms. The third-order valence-corrected chi connectivity index (χ3v) is 3.43. The van der Waals surface area contributed by atoms with Crippen molar-refractivity contribution < 1.29 is 9.13 Å². The van der Waals surface area contributed by atoms with Gasteiger partial charge in [-0.2, -0.15) is 0 Å². The lowest BCUT2D eigenvalue weighted by Crippen LogP contribution is -1.92. The van der Waals surface area contributed by atoms with Crippen molar-refractivity contribution in [1.82, 2.24) is 4.98 Å². The lowest BCUT2D eigenvalue weighted by molar-refractivity contribution is -0.384. The Balaban J connectivity index is 2.29. The molecule has 0 aliphatic heterocycles. The number of nitrogens with one attached hydrogen (secondary N) is 1. The van der Waals surface area contributed by atoms with Crippen molar-refractivity contribution in [1.29, 1.82) is 0 Å². The second-order valence-electron chi connectivity index (χ2n) is 3.07. The Bertz CT molecular complexity index is 520. The third kappa shape index (κ3) is 2.01.